The number of benzene rings is 2. The van der Waals surface area contributed by atoms with Crippen LogP contribution in [-0.2, 0) is 4.74 Å². The Morgan fingerprint density at radius 2 is 1.64 bits per heavy atom. The standard InChI is InChI=1S/C25H25NO7/c1-15(2)16-7-9-17(10-8-16)20(27)14-33-25(29)18-12-22(30-3)23(31-4)13-19(18)26-24(28)21-6-5-11-32-21/h5-13,15H,14H2,1-4H3,(H,26,28). The molecule has 8 heteroatoms. The number of nitrogens with one attached hydrogen (secondary N) is 1. The molecule has 0 atom stereocenters. The molecule has 172 valence electrons. The van der Waals surface area contributed by atoms with Crippen molar-refractivity contribution in [3.05, 3.63) is 77.2 Å². The smallest absolute Gasteiger partial charge is 0.340 e. The van der Waals surface area contributed by atoms with Gasteiger partial charge in [0.25, 0.3) is 5.91 Å². The van der Waals surface area contributed by atoms with E-state index in [0.29, 0.717) is 17.2 Å². The summed E-state index contributed by atoms with van der Waals surface area (Å²) in [7, 11) is 2.84. The summed E-state index contributed by atoms with van der Waals surface area (Å²) >= 11 is 0. The lowest BCUT2D eigenvalue weighted by Crippen LogP contribution is -2.18. The first-order valence-corrected chi connectivity index (χ1v) is 10.2. The Hall–Kier alpha value is -4.07. The van der Waals surface area contributed by atoms with Gasteiger partial charge in [-0.1, -0.05) is 38.1 Å². The minimum absolute atomic E-state index is 0.00416. The van der Waals surface area contributed by atoms with Gasteiger partial charge >= 0.3 is 5.97 Å². The van der Waals surface area contributed by atoms with Crippen LogP contribution in [0.4, 0.5) is 5.69 Å². The third-order valence-electron chi connectivity index (χ3n) is 4.97. The van der Waals surface area contributed by atoms with E-state index in [9.17, 15) is 14.4 Å². The van der Waals surface area contributed by atoms with Crippen molar-refractivity contribution in [2.45, 2.75) is 19.8 Å². The minimum Gasteiger partial charge on any atom is -0.493 e. The van der Waals surface area contributed by atoms with E-state index in [-0.39, 0.29) is 28.5 Å². The van der Waals surface area contributed by atoms with Gasteiger partial charge in [0.1, 0.15) is 0 Å². The van der Waals surface area contributed by atoms with E-state index in [1.807, 2.05) is 12.1 Å². The van der Waals surface area contributed by atoms with Crippen LogP contribution in [0.5, 0.6) is 11.5 Å². The Morgan fingerprint density at radius 1 is 0.970 bits per heavy atom. The molecule has 8 nitrogen and oxygen atoms in total. The molecular weight excluding hydrogens is 426 g/mol. The first-order valence-electron chi connectivity index (χ1n) is 10.2. The van der Waals surface area contributed by atoms with Crippen LogP contribution in [0.25, 0.3) is 0 Å². The molecule has 0 aliphatic heterocycles. The lowest BCUT2D eigenvalue weighted by Gasteiger charge is -2.15. The fraction of sp³-hybridized carbons (Fsp3) is 0.240. The van der Waals surface area contributed by atoms with Crippen molar-refractivity contribution >= 4 is 23.3 Å². The van der Waals surface area contributed by atoms with Crippen LogP contribution in [-0.4, -0.2) is 38.5 Å². The number of methoxy groups -OCH3 is 2. The number of hydrogen-bond donors (Lipinski definition) is 1. The summed E-state index contributed by atoms with van der Waals surface area (Å²) in [6.45, 7) is 3.66. The summed E-state index contributed by atoms with van der Waals surface area (Å²) < 4.78 is 20.9. The molecule has 1 aromatic heterocycles. The van der Waals surface area contributed by atoms with Gasteiger partial charge in [-0.25, -0.2) is 4.79 Å². The number of carbonyl (C=O) groups is 3. The van der Waals surface area contributed by atoms with Crippen molar-refractivity contribution < 1.29 is 33.0 Å². The second-order valence-electron chi connectivity index (χ2n) is 7.46. The third-order valence-corrected chi connectivity index (χ3v) is 4.97. The molecule has 2 aromatic carbocycles. The highest BCUT2D eigenvalue weighted by Gasteiger charge is 2.22. The quantitative estimate of drug-likeness (QED) is 0.371. The molecule has 1 N–H and O–H groups in total. The first kappa shape index (κ1) is 23.6. The summed E-state index contributed by atoms with van der Waals surface area (Å²) in [6.07, 6.45) is 1.36. The van der Waals surface area contributed by atoms with Crippen molar-refractivity contribution in [3.63, 3.8) is 0 Å². The van der Waals surface area contributed by atoms with Gasteiger partial charge in [0.05, 0.1) is 31.7 Å². The van der Waals surface area contributed by atoms with Crippen LogP contribution in [0.1, 0.15) is 56.6 Å². The lowest BCUT2D eigenvalue weighted by atomic mass is 10.0. The molecule has 0 aliphatic carbocycles. The van der Waals surface area contributed by atoms with Crippen LogP contribution in [0.3, 0.4) is 0 Å². The highest BCUT2D eigenvalue weighted by atomic mass is 16.5. The molecule has 0 radical (unpaired) electrons. The molecule has 0 bridgehead atoms. The van der Waals surface area contributed by atoms with Crippen LogP contribution in [0.15, 0.2) is 59.2 Å². The number of ketones is 1. The van der Waals surface area contributed by atoms with Crippen LogP contribution < -0.4 is 14.8 Å². The number of anilines is 1. The highest BCUT2D eigenvalue weighted by molar-refractivity contribution is 6.07. The van der Waals surface area contributed by atoms with E-state index >= 15 is 0 Å². The first-order chi connectivity index (χ1) is 15.8. The molecule has 0 aliphatic rings. The number of ether oxygens (including phenoxy) is 3. The average Bonchev–Trinajstić information content (AvgIpc) is 3.37. The summed E-state index contributed by atoms with van der Waals surface area (Å²) in [5, 5.41) is 2.60. The van der Waals surface area contributed by atoms with Crippen molar-refractivity contribution in [1.82, 2.24) is 0 Å². The maximum Gasteiger partial charge on any atom is 0.340 e. The zero-order valence-electron chi connectivity index (χ0n) is 18.8. The molecule has 0 spiro atoms. The molecule has 3 rings (SSSR count). The molecule has 0 saturated heterocycles. The van der Waals surface area contributed by atoms with Gasteiger partial charge in [0.15, 0.2) is 29.6 Å². The SMILES string of the molecule is COc1cc(NC(=O)c2ccco2)c(C(=O)OCC(=O)c2ccc(C(C)C)cc2)cc1OC. The van der Waals surface area contributed by atoms with Crippen molar-refractivity contribution in [3.8, 4) is 11.5 Å². The summed E-state index contributed by atoms with van der Waals surface area (Å²) in [5.74, 6) is -0.766. The van der Waals surface area contributed by atoms with Crippen molar-refractivity contribution in [2.24, 2.45) is 0 Å². The molecule has 1 amide bonds. The van der Waals surface area contributed by atoms with Crippen molar-refractivity contribution in [2.75, 3.05) is 26.1 Å². The van der Waals surface area contributed by atoms with Gasteiger partial charge in [0.2, 0.25) is 0 Å². The Labute approximate surface area is 191 Å². The predicted octanol–water partition coefficient (Wildman–Crippen LogP) is 4.71. The van der Waals surface area contributed by atoms with Crippen LogP contribution >= 0.6 is 0 Å². The number of rotatable bonds is 9. The highest BCUT2D eigenvalue weighted by Crippen LogP contribution is 2.34. The van der Waals surface area contributed by atoms with Gasteiger partial charge in [-0.05, 0) is 23.6 Å². The summed E-state index contributed by atoms with van der Waals surface area (Å²) in [5.41, 5.74) is 1.65. The molecule has 0 saturated carbocycles. The van der Waals surface area contributed by atoms with Crippen molar-refractivity contribution in [1.29, 1.82) is 0 Å². The second kappa shape index (κ2) is 10.5. The van der Waals surface area contributed by atoms with Gasteiger partial charge in [-0.2, -0.15) is 0 Å². The Kier molecular flexibility index (Phi) is 7.50. The van der Waals surface area contributed by atoms with E-state index < -0.39 is 18.5 Å². The average molecular weight is 451 g/mol. The number of carbonyl (C=O) groups excluding carboxylic acids is 3. The monoisotopic (exact) mass is 451 g/mol. The lowest BCUT2D eigenvalue weighted by molar-refractivity contribution is 0.0475. The zero-order chi connectivity index (χ0) is 24.0. The van der Waals surface area contributed by atoms with Gasteiger partial charge in [0, 0.05) is 17.7 Å². The van der Waals surface area contributed by atoms with E-state index in [4.69, 9.17) is 18.6 Å². The molecule has 3 aromatic rings. The van der Waals surface area contributed by atoms with E-state index in [2.05, 4.69) is 19.2 Å². The summed E-state index contributed by atoms with van der Waals surface area (Å²) in [6, 6.07) is 13.0. The Morgan fingerprint density at radius 3 is 2.21 bits per heavy atom. The molecule has 0 unspecified atom stereocenters. The number of furan rings is 1. The maximum absolute atomic E-state index is 12.8. The van der Waals surface area contributed by atoms with Gasteiger partial charge in [-0.3, -0.25) is 9.59 Å². The van der Waals surface area contributed by atoms with Gasteiger partial charge < -0.3 is 23.9 Å². The topological polar surface area (TPSA) is 104 Å². The molecule has 0 fully saturated rings. The zero-order valence-corrected chi connectivity index (χ0v) is 18.8. The number of esters is 1. The predicted molar refractivity (Wildman–Crippen MR) is 121 cm³/mol. The fourth-order valence-electron chi connectivity index (χ4n) is 3.09. The normalized spacial score (nSPS) is 10.6. The number of amides is 1. The van der Waals surface area contributed by atoms with Gasteiger partial charge in [-0.15, -0.1) is 0 Å². The van der Waals surface area contributed by atoms with E-state index in [1.165, 1.54) is 38.7 Å². The Bertz CT molecular complexity index is 1130. The molecule has 1 heterocycles. The Balaban J connectivity index is 1.80. The minimum atomic E-state index is -0.808. The molecule has 33 heavy (non-hydrogen) atoms. The van der Waals surface area contributed by atoms with Crippen LogP contribution in [0.2, 0.25) is 0 Å². The fourth-order valence-corrected chi connectivity index (χ4v) is 3.09. The molecular formula is C25H25NO7. The second-order valence-corrected chi connectivity index (χ2v) is 7.46. The number of hydrogen-bond acceptors (Lipinski definition) is 7. The third kappa shape index (κ3) is 5.60. The van der Waals surface area contributed by atoms with E-state index in [0.717, 1.165) is 5.56 Å². The number of Topliss-reactive ketones (excluding diaryl/α,β-unsaturated/α-hetero) is 1. The van der Waals surface area contributed by atoms with E-state index in [1.54, 1.807) is 18.2 Å². The largest absolute Gasteiger partial charge is 0.493 e. The van der Waals surface area contributed by atoms with Crippen LogP contribution in [0, 0.1) is 0 Å². The summed E-state index contributed by atoms with van der Waals surface area (Å²) in [4.78, 5) is 37.8. The maximum atomic E-state index is 12.8.